The number of aliphatic hydroxyl groups excluding tert-OH is 1. The van der Waals surface area contributed by atoms with Gasteiger partial charge in [0.25, 0.3) is 0 Å². The van der Waals surface area contributed by atoms with Crippen molar-refractivity contribution >= 4 is 11.0 Å². The van der Waals surface area contributed by atoms with E-state index in [0.29, 0.717) is 11.0 Å². The van der Waals surface area contributed by atoms with Crippen LogP contribution >= 0.6 is 0 Å². The van der Waals surface area contributed by atoms with Gasteiger partial charge in [-0.05, 0) is 24.3 Å². The van der Waals surface area contributed by atoms with Crippen molar-refractivity contribution in [3.63, 3.8) is 0 Å². The maximum atomic E-state index is 12.3. The molecule has 1 aromatic heterocycles. The average molecular weight is 216 g/mol. The molecular formula is C10H7F3O2. The Hall–Kier alpha value is -1.49. The van der Waals surface area contributed by atoms with Crippen LogP contribution in [0.4, 0.5) is 13.2 Å². The molecule has 1 heterocycles. The van der Waals surface area contributed by atoms with E-state index in [1.54, 1.807) is 0 Å². The van der Waals surface area contributed by atoms with E-state index in [1.165, 1.54) is 12.1 Å². The molecule has 0 atom stereocenters. The van der Waals surface area contributed by atoms with Gasteiger partial charge in [0.1, 0.15) is 18.0 Å². The van der Waals surface area contributed by atoms with Crippen LogP contribution in [-0.4, -0.2) is 5.11 Å². The standard InChI is InChI=1S/C10H7F3O2/c11-10(12,13)7-1-2-9-6(3-7)4-8(5-14)15-9/h1-4,14H,5H2. The van der Waals surface area contributed by atoms with Crippen molar-refractivity contribution < 1.29 is 22.7 Å². The number of hydrogen-bond donors (Lipinski definition) is 1. The molecule has 2 aromatic rings. The maximum Gasteiger partial charge on any atom is 0.416 e. The van der Waals surface area contributed by atoms with E-state index in [9.17, 15) is 13.2 Å². The van der Waals surface area contributed by atoms with Crippen LogP contribution in [0, 0.1) is 0 Å². The number of alkyl halides is 3. The molecule has 0 unspecified atom stereocenters. The highest BCUT2D eigenvalue weighted by molar-refractivity contribution is 5.78. The first-order valence-corrected chi connectivity index (χ1v) is 4.21. The fourth-order valence-corrected chi connectivity index (χ4v) is 1.35. The first-order chi connectivity index (χ1) is 7.00. The Morgan fingerprint density at radius 2 is 1.93 bits per heavy atom. The lowest BCUT2D eigenvalue weighted by Crippen LogP contribution is -2.03. The Kier molecular flexibility index (Phi) is 2.19. The molecule has 2 rings (SSSR count). The zero-order valence-electron chi connectivity index (χ0n) is 7.51. The molecule has 15 heavy (non-hydrogen) atoms. The van der Waals surface area contributed by atoms with Gasteiger partial charge in [0.15, 0.2) is 0 Å². The van der Waals surface area contributed by atoms with Crippen molar-refractivity contribution in [1.29, 1.82) is 0 Å². The third kappa shape index (κ3) is 1.83. The Morgan fingerprint density at radius 1 is 1.20 bits per heavy atom. The number of hydrogen-bond acceptors (Lipinski definition) is 2. The molecule has 80 valence electrons. The predicted molar refractivity (Wildman–Crippen MR) is 47.1 cm³/mol. The van der Waals surface area contributed by atoms with Gasteiger partial charge < -0.3 is 9.52 Å². The lowest BCUT2D eigenvalue weighted by atomic mass is 10.1. The summed E-state index contributed by atoms with van der Waals surface area (Å²) in [7, 11) is 0. The lowest BCUT2D eigenvalue weighted by molar-refractivity contribution is -0.137. The Balaban J connectivity index is 2.55. The molecule has 0 fully saturated rings. The van der Waals surface area contributed by atoms with Crippen LogP contribution < -0.4 is 0 Å². The van der Waals surface area contributed by atoms with Gasteiger partial charge in [-0.25, -0.2) is 0 Å². The Morgan fingerprint density at radius 3 is 2.53 bits per heavy atom. The summed E-state index contributed by atoms with van der Waals surface area (Å²) < 4.78 is 42.0. The van der Waals surface area contributed by atoms with Crippen LogP contribution in [0.25, 0.3) is 11.0 Å². The van der Waals surface area contributed by atoms with Gasteiger partial charge >= 0.3 is 6.18 Å². The summed E-state index contributed by atoms with van der Waals surface area (Å²) in [5.74, 6) is 0.254. The van der Waals surface area contributed by atoms with Crippen molar-refractivity contribution in [2.75, 3.05) is 0 Å². The monoisotopic (exact) mass is 216 g/mol. The van der Waals surface area contributed by atoms with Crippen LogP contribution in [0.3, 0.4) is 0 Å². The van der Waals surface area contributed by atoms with E-state index < -0.39 is 11.7 Å². The summed E-state index contributed by atoms with van der Waals surface area (Å²) in [4.78, 5) is 0. The molecule has 0 aliphatic carbocycles. The minimum absolute atomic E-state index is 0.254. The highest BCUT2D eigenvalue weighted by Crippen LogP contribution is 2.32. The first-order valence-electron chi connectivity index (χ1n) is 4.21. The van der Waals surface area contributed by atoms with Gasteiger partial charge in [-0.3, -0.25) is 0 Å². The zero-order chi connectivity index (χ0) is 11.1. The molecule has 0 aliphatic heterocycles. The van der Waals surface area contributed by atoms with Crippen molar-refractivity contribution in [3.05, 3.63) is 35.6 Å². The van der Waals surface area contributed by atoms with Crippen LogP contribution in [0.1, 0.15) is 11.3 Å². The second kappa shape index (κ2) is 3.27. The van der Waals surface area contributed by atoms with E-state index >= 15 is 0 Å². The quantitative estimate of drug-likeness (QED) is 0.794. The number of aliphatic hydroxyl groups is 1. The normalized spacial score (nSPS) is 12.3. The van der Waals surface area contributed by atoms with Crippen molar-refractivity contribution in [1.82, 2.24) is 0 Å². The minimum atomic E-state index is -4.36. The lowest BCUT2D eigenvalue weighted by Gasteiger charge is -2.04. The van der Waals surface area contributed by atoms with Crippen LogP contribution in [0.2, 0.25) is 0 Å². The van der Waals surface area contributed by atoms with Crippen molar-refractivity contribution in [2.24, 2.45) is 0 Å². The van der Waals surface area contributed by atoms with Gasteiger partial charge in [0.2, 0.25) is 0 Å². The Bertz CT molecular complexity index is 485. The largest absolute Gasteiger partial charge is 0.459 e. The van der Waals surface area contributed by atoms with E-state index in [2.05, 4.69) is 0 Å². The molecule has 0 bridgehead atoms. The highest BCUT2D eigenvalue weighted by Gasteiger charge is 2.30. The van der Waals surface area contributed by atoms with Gasteiger partial charge in [-0.2, -0.15) is 13.2 Å². The summed E-state index contributed by atoms with van der Waals surface area (Å²) >= 11 is 0. The zero-order valence-corrected chi connectivity index (χ0v) is 7.51. The molecular weight excluding hydrogens is 209 g/mol. The number of fused-ring (bicyclic) bond motifs is 1. The maximum absolute atomic E-state index is 12.3. The Labute approximate surface area is 82.9 Å². The molecule has 0 radical (unpaired) electrons. The molecule has 0 amide bonds. The molecule has 0 spiro atoms. The number of benzene rings is 1. The second-order valence-electron chi connectivity index (χ2n) is 3.12. The number of rotatable bonds is 1. The summed E-state index contributed by atoms with van der Waals surface area (Å²) in [5, 5.41) is 9.09. The van der Waals surface area contributed by atoms with E-state index in [-0.39, 0.29) is 12.4 Å². The average Bonchev–Trinajstić information content (AvgIpc) is 2.57. The fourth-order valence-electron chi connectivity index (χ4n) is 1.35. The minimum Gasteiger partial charge on any atom is -0.459 e. The van der Waals surface area contributed by atoms with Gasteiger partial charge in [0, 0.05) is 5.39 Å². The van der Waals surface area contributed by atoms with E-state index in [1.807, 2.05) is 0 Å². The van der Waals surface area contributed by atoms with Crippen LogP contribution in [0.15, 0.2) is 28.7 Å². The highest BCUT2D eigenvalue weighted by atomic mass is 19.4. The molecule has 1 aromatic carbocycles. The third-order valence-electron chi connectivity index (χ3n) is 2.05. The van der Waals surface area contributed by atoms with Gasteiger partial charge in [0.05, 0.1) is 5.56 Å². The smallest absolute Gasteiger partial charge is 0.416 e. The second-order valence-corrected chi connectivity index (χ2v) is 3.12. The molecule has 1 N–H and O–H groups in total. The first kappa shape index (κ1) is 10.0. The third-order valence-corrected chi connectivity index (χ3v) is 2.05. The van der Waals surface area contributed by atoms with E-state index in [4.69, 9.17) is 9.52 Å². The summed E-state index contributed by atoms with van der Waals surface area (Å²) in [6.45, 7) is -0.323. The fraction of sp³-hybridized carbons (Fsp3) is 0.200. The molecule has 2 nitrogen and oxygen atoms in total. The predicted octanol–water partition coefficient (Wildman–Crippen LogP) is 2.94. The summed E-state index contributed by atoms with van der Waals surface area (Å²) in [6.07, 6.45) is -4.36. The molecule has 5 heteroatoms. The molecule has 0 saturated carbocycles. The molecule has 0 aliphatic rings. The van der Waals surface area contributed by atoms with Crippen molar-refractivity contribution in [3.8, 4) is 0 Å². The SMILES string of the molecule is OCc1cc2cc(C(F)(F)F)ccc2o1. The number of furan rings is 1. The topological polar surface area (TPSA) is 33.4 Å². The number of halogens is 3. The van der Waals surface area contributed by atoms with Gasteiger partial charge in [-0.15, -0.1) is 0 Å². The summed E-state index contributed by atoms with van der Waals surface area (Å²) in [5.41, 5.74) is -0.382. The van der Waals surface area contributed by atoms with Crippen LogP contribution in [0.5, 0.6) is 0 Å². The molecule has 0 saturated heterocycles. The van der Waals surface area contributed by atoms with E-state index in [0.717, 1.165) is 12.1 Å². The van der Waals surface area contributed by atoms with Crippen LogP contribution in [-0.2, 0) is 12.8 Å². The summed E-state index contributed by atoms with van der Waals surface area (Å²) in [6, 6.07) is 4.59. The van der Waals surface area contributed by atoms with Gasteiger partial charge in [-0.1, -0.05) is 0 Å². The van der Waals surface area contributed by atoms with Crippen molar-refractivity contribution in [2.45, 2.75) is 12.8 Å².